The Balaban J connectivity index is 1.57. The maximum atomic E-state index is 10.9. The molecule has 0 saturated heterocycles. The highest BCUT2D eigenvalue weighted by Crippen LogP contribution is 2.35. The second-order valence-corrected chi connectivity index (χ2v) is 10.4. The maximum Gasteiger partial charge on any atom is 0.162 e. The van der Waals surface area contributed by atoms with Gasteiger partial charge in [-0.25, -0.2) is 9.98 Å². The first-order chi connectivity index (χ1) is 18.4. The molecule has 0 amide bonds. The van der Waals surface area contributed by atoms with Gasteiger partial charge in [0.15, 0.2) is 12.0 Å². The summed E-state index contributed by atoms with van der Waals surface area (Å²) < 4.78 is 5.90. The van der Waals surface area contributed by atoms with Crippen molar-refractivity contribution in [3.63, 3.8) is 0 Å². The lowest BCUT2D eigenvalue weighted by Gasteiger charge is -2.32. The first-order valence-corrected chi connectivity index (χ1v) is 13.9. The third-order valence-electron chi connectivity index (χ3n) is 7.12. The number of phenolic OH excluding ortho intramolecular Hbond substituents is 1. The second kappa shape index (κ2) is 12.8. The Morgan fingerprint density at radius 1 is 0.816 bits per heavy atom. The van der Waals surface area contributed by atoms with E-state index in [2.05, 4.69) is 75.9 Å². The molecule has 1 aliphatic rings. The first kappa shape index (κ1) is 27.4. The minimum Gasteiger partial charge on any atom is -0.507 e. The van der Waals surface area contributed by atoms with Gasteiger partial charge in [-0.15, -0.1) is 0 Å². The molecule has 4 rings (SSSR count). The summed E-state index contributed by atoms with van der Waals surface area (Å²) in [6, 6.07) is 18.3. The number of aryl methyl sites for hydroxylation is 4. The molecule has 38 heavy (non-hydrogen) atoms. The largest absolute Gasteiger partial charge is 0.507 e. The van der Waals surface area contributed by atoms with Crippen molar-refractivity contribution in [2.45, 2.75) is 79.3 Å². The van der Waals surface area contributed by atoms with E-state index in [-0.39, 0.29) is 11.9 Å². The van der Waals surface area contributed by atoms with Gasteiger partial charge in [0.05, 0.1) is 18.5 Å². The number of nitrogens with zero attached hydrogens (tertiary/aromatic N) is 3. The Hall–Kier alpha value is -3.60. The third kappa shape index (κ3) is 6.63. The SMILES string of the molecule is CCCCCCCCOc1ccc(C2=NC(c3ccc(C)cc3C)N(c3ccc(C)cc3C)C=N2)c(O)c1. The molecule has 1 atom stereocenters. The Kier molecular flexibility index (Phi) is 9.22. The Morgan fingerprint density at radius 2 is 1.53 bits per heavy atom. The molecule has 0 radical (unpaired) electrons. The van der Waals surface area contributed by atoms with E-state index in [9.17, 15) is 5.11 Å². The molecule has 1 N–H and O–H groups in total. The number of rotatable bonds is 11. The zero-order valence-corrected chi connectivity index (χ0v) is 23.5. The Morgan fingerprint density at radius 3 is 2.24 bits per heavy atom. The third-order valence-corrected chi connectivity index (χ3v) is 7.12. The molecule has 5 heteroatoms. The smallest absolute Gasteiger partial charge is 0.162 e. The van der Waals surface area contributed by atoms with Crippen LogP contribution < -0.4 is 9.64 Å². The predicted octanol–water partition coefficient (Wildman–Crippen LogP) is 8.36. The molecule has 0 bridgehead atoms. The van der Waals surface area contributed by atoms with Crippen LogP contribution in [0.25, 0.3) is 0 Å². The number of phenols is 1. The van der Waals surface area contributed by atoms with E-state index in [4.69, 9.17) is 14.7 Å². The summed E-state index contributed by atoms with van der Waals surface area (Å²) in [7, 11) is 0. The van der Waals surface area contributed by atoms with Crippen molar-refractivity contribution in [3.8, 4) is 11.5 Å². The molecule has 0 aliphatic carbocycles. The van der Waals surface area contributed by atoms with E-state index < -0.39 is 0 Å². The predicted molar refractivity (Wildman–Crippen MR) is 159 cm³/mol. The zero-order chi connectivity index (χ0) is 27.1. The van der Waals surface area contributed by atoms with E-state index in [1.54, 1.807) is 6.07 Å². The number of amidine groups is 1. The zero-order valence-electron chi connectivity index (χ0n) is 23.5. The summed E-state index contributed by atoms with van der Waals surface area (Å²) >= 11 is 0. The number of benzene rings is 3. The van der Waals surface area contributed by atoms with E-state index in [1.165, 1.54) is 54.4 Å². The van der Waals surface area contributed by atoms with Crippen molar-refractivity contribution in [3.05, 3.63) is 88.0 Å². The van der Waals surface area contributed by atoms with Gasteiger partial charge in [0.2, 0.25) is 0 Å². The summed E-state index contributed by atoms with van der Waals surface area (Å²) in [5.74, 6) is 1.31. The van der Waals surface area contributed by atoms with Gasteiger partial charge in [-0.2, -0.15) is 0 Å². The van der Waals surface area contributed by atoms with E-state index in [0.29, 0.717) is 23.8 Å². The van der Waals surface area contributed by atoms with Crippen LogP contribution in [0.3, 0.4) is 0 Å². The molecule has 0 aromatic heterocycles. The van der Waals surface area contributed by atoms with Crippen LogP contribution in [0.15, 0.2) is 64.6 Å². The van der Waals surface area contributed by atoms with Crippen molar-refractivity contribution in [1.29, 1.82) is 0 Å². The number of hydrogen-bond acceptors (Lipinski definition) is 5. The number of hydrogen-bond donors (Lipinski definition) is 1. The first-order valence-electron chi connectivity index (χ1n) is 13.9. The fourth-order valence-electron chi connectivity index (χ4n) is 5.02. The van der Waals surface area contributed by atoms with Crippen LogP contribution in [0.5, 0.6) is 11.5 Å². The molecule has 0 saturated carbocycles. The number of ether oxygens (including phenoxy) is 1. The lowest BCUT2D eigenvalue weighted by Crippen LogP contribution is -2.31. The normalized spacial score (nSPS) is 15.0. The topological polar surface area (TPSA) is 57.4 Å². The average Bonchev–Trinajstić information content (AvgIpc) is 2.88. The Bertz CT molecular complexity index is 1310. The van der Waals surface area contributed by atoms with Gasteiger partial charge in [0.25, 0.3) is 0 Å². The fraction of sp³-hybridized carbons (Fsp3) is 0.394. The van der Waals surface area contributed by atoms with Crippen LogP contribution in [-0.4, -0.2) is 23.9 Å². The van der Waals surface area contributed by atoms with Crippen molar-refractivity contribution in [2.24, 2.45) is 9.98 Å². The number of anilines is 1. The minimum atomic E-state index is -0.299. The highest BCUT2D eigenvalue weighted by Gasteiger charge is 2.27. The van der Waals surface area contributed by atoms with Crippen LogP contribution in [0.4, 0.5) is 5.69 Å². The second-order valence-electron chi connectivity index (χ2n) is 10.4. The molecule has 1 aliphatic heterocycles. The van der Waals surface area contributed by atoms with Crippen molar-refractivity contribution in [1.82, 2.24) is 0 Å². The monoisotopic (exact) mass is 511 g/mol. The average molecular weight is 512 g/mol. The lowest BCUT2D eigenvalue weighted by atomic mass is 10.0. The Labute approximate surface area is 227 Å². The van der Waals surface area contributed by atoms with Gasteiger partial charge in [-0.05, 0) is 69.0 Å². The molecule has 0 spiro atoms. The van der Waals surface area contributed by atoms with Crippen LogP contribution in [0.2, 0.25) is 0 Å². The van der Waals surface area contributed by atoms with Gasteiger partial charge < -0.3 is 14.7 Å². The highest BCUT2D eigenvalue weighted by molar-refractivity contribution is 6.08. The number of aliphatic imine (C=N–C) groups is 2. The number of aromatic hydroxyl groups is 1. The molecule has 1 unspecified atom stereocenters. The molecule has 5 nitrogen and oxygen atoms in total. The van der Waals surface area contributed by atoms with Crippen LogP contribution in [0, 0.1) is 27.7 Å². The van der Waals surface area contributed by atoms with Gasteiger partial charge in [-0.3, -0.25) is 0 Å². The van der Waals surface area contributed by atoms with Gasteiger partial charge in [0, 0.05) is 11.8 Å². The fourth-order valence-corrected chi connectivity index (χ4v) is 5.02. The van der Waals surface area contributed by atoms with Crippen LogP contribution >= 0.6 is 0 Å². The molecule has 1 heterocycles. The molecule has 3 aromatic carbocycles. The van der Waals surface area contributed by atoms with Gasteiger partial charge in [0.1, 0.15) is 11.5 Å². The molecular formula is C33H41N3O2. The quantitative estimate of drug-likeness (QED) is 0.263. The summed E-state index contributed by atoms with van der Waals surface area (Å²) in [5, 5.41) is 10.9. The standard InChI is InChI=1S/C33H41N3O2/c1-6-7-8-9-10-11-18-38-27-14-16-29(31(37)21-27)32-34-22-36(30-17-13-24(3)20-26(30)5)33(35-32)28-15-12-23(2)19-25(28)4/h12-17,19-22,33,37H,6-11,18H2,1-5H3. The van der Waals surface area contributed by atoms with E-state index in [0.717, 1.165) is 17.7 Å². The molecular weight excluding hydrogens is 470 g/mol. The summed E-state index contributed by atoms with van der Waals surface area (Å²) in [6.45, 7) is 11.3. The summed E-state index contributed by atoms with van der Waals surface area (Å²) in [4.78, 5) is 11.9. The van der Waals surface area contributed by atoms with Crippen molar-refractivity contribution >= 4 is 17.9 Å². The minimum absolute atomic E-state index is 0.126. The van der Waals surface area contributed by atoms with Crippen molar-refractivity contribution < 1.29 is 9.84 Å². The molecule has 3 aromatic rings. The van der Waals surface area contributed by atoms with Gasteiger partial charge in [-0.1, -0.05) is 80.5 Å². The number of unbranched alkanes of at least 4 members (excludes halogenated alkanes) is 5. The van der Waals surface area contributed by atoms with E-state index in [1.807, 2.05) is 18.5 Å². The highest BCUT2D eigenvalue weighted by atomic mass is 16.5. The lowest BCUT2D eigenvalue weighted by molar-refractivity contribution is 0.302. The summed E-state index contributed by atoms with van der Waals surface area (Å²) in [5.41, 5.74) is 7.55. The van der Waals surface area contributed by atoms with Crippen molar-refractivity contribution in [2.75, 3.05) is 11.5 Å². The molecule has 0 fully saturated rings. The summed E-state index contributed by atoms with van der Waals surface area (Å²) in [6.07, 6.45) is 8.83. The van der Waals surface area contributed by atoms with E-state index >= 15 is 0 Å². The van der Waals surface area contributed by atoms with Gasteiger partial charge >= 0.3 is 0 Å². The maximum absolute atomic E-state index is 10.9. The van der Waals surface area contributed by atoms with Crippen LogP contribution in [-0.2, 0) is 0 Å². The van der Waals surface area contributed by atoms with Crippen LogP contribution in [0.1, 0.15) is 85.0 Å². The molecule has 200 valence electrons.